The van der Waals surface area contributed by atoms with E-state index in [9.17, 15) is 23.1 Å². The summed E-state index contributed by atoms with van der Waals surface area (Å²) in [5.41, 5.74) is 0.225. The van der Waals surface area contributed by atoms with Crippen LogP contribution in [-0.2, 0) is 0 Å². The Bertz CT molecular complexity index is 746. The largest absolute Gasteiger partial charge is 0.490 e. The van der Waals surface area contributed by atoms with Crippen LogP contribution in [0.5, 0.6) is 11.5 Å². The second-order valence-corrected chi connectivity index (χ2v) is 7.46. The average molecular weight is 371 g/mol. The summed E-state index contributed by atoms with van der Waals surface area (Å²) in [4.78, 5) is 14.4. The van der Waals surface area contributed by atoms with E-state index < -0.39 is 23.8 Å². The van der Waals surface area contributed by atoms with Crippen molar-refractivity contribution in [2.24, 2.45) is 5.92 Å². The Morgan fingerprint density at radius 2 is 2.15 bits per heavy atom. The standard InChI is InChI=1S/C18H20F3NO4/c1-9-2-13-14(17(24)22-6-12(23)3-11(22)8-25-13)16(15(9)19)26-7-10-4-18(20,21)5-10/h2,10-12,23H,3-8H2,1H3/t11-,12+/m1/s1. The van der Waals surface area contributed by atoms with Gasteiger partial charge in [0.05, 0.1) is 18.8 Å². The number of benzene rings is 1. The lowest BCUT2D eigenvalue weighted by atomic mass is 9.82. The van der Waals surface area contributed by atoms with Crippen LogP contribution in [0.25, 0.3) is 0 Å². The number of aliphatic hydroxyl groups excluding tert-OH is 1. The summed E-state index contributed by atoms with van der Waals surface area (Å²) in [6.45, 7) is 1.80. The first-order chi connectivity index (χ1) is 12.2. The fraction of sp³-hybridized carbons (Fsp3) is 0.611. The Morgan fingerprint density at radius 3 is 2.85 bits per heavy atom. The van der Waals surface area contributed by atoms with Gasteiger partial charge in [0.2, 0.25) is 5.92 Å². The number of hydrogen-bond donors (Lipinski definition) is 1. The minimum absolute atomic E-state index is 0.0317. The number of alkyl halides is 2. The van der Waals surface area contributed by atoms with E-state index in [1.54, 1.807) is 0 Å². The van der Waals surface area contributed by atoms with E-state index in [1.165, 1.54) is 17.9 Å². The molecular weight excluding hydrogens is 351 g/mol. The van der Waals surface area contributed by atoms with Crippen molar-refractivity contribution in [1.29, 1.82) is 0 Å². The van der Waals surface area contributed by atoms with Gasteiger partial charge in [-0.15, -0.1) is 0 Å². The molecule has 1 amide bonds. The van der Waals surface area contributed by atoms with E-state index in [-0.39, 0.29) is 67.2 Å². The van der Waals surface area contributed by atoms with Crippen LogP contribution in [0.1, 0.15) is 35.2 Å². The number of fused-ring (bicyclic) bond motifs is 2. The van der Waals surface area contributed by atoms with Crippen LogP contribution >= 0.6 is 0 Å². The SMILES string of the molecule is Cc1cc2c(c(OCC3CC(F)(F)C3)c1F)C(=O)N1C[C@@H](O)C[C@@H]1CO2. The third kappa shape index (κ3) is 2.90. The van der Waals surface area contributed by atoms with Gasteiger partial charge in [0.1, 0.15) is 17.9 Å². The molecule has 142 valence electrons. The van der Waals surface area contributed by atoms with Crippen molar-refractivity contribution in [1.82, 2.24) is 4.90 Å². The number of carbonyl (C=O) groups is 1. The smallest absolute Gasteiger partial charge is 0.261 e. The summed E-state index contributed by atoms with van der Waals surface area (Å²) in [7, 11) is 0. The van der Waals surface area contributed by atoms with Crippen LogP contribution in [0.3, 0.4) is 0 Å². The number of halogens is 3. The summed E-state index contributed by atoms with van der Waals surface area (Å²) in [6.07, 6.45) is -0.846. The maximum Gasteiger partial charge on any atom is 0.261 e. The van der Waals surface area contributed by atoms with Crippen molar-refractivity contribution in [3.63, 3.8) is 0 Å². The molecule has 5 nitrogen and oxygen atoms in total. The highest BCUT2D eigenvalue weighted by molar-refractivity contribution is 6.00. The molecule has 0 unspecified atom stereocenters. The monoisotopic (exact) mass is 371 g/mol. The van der Waals surface area contributed by atoms with E-state index in [4.69, 9.17) is 9.47 Å². The molecule has 1 aliphatic carbocycles. The molecule has 0 bridgehead atoms. The maximum atomic E-state index is 14.7. The molecular formula is C18H20F3NO4. The summed E-state index contributed by atoms with van der Waals surface area (Å²) in [5, 5.41) is 9.82. The Balaban J connectivity index is 1.64. The molecule has 1 N–H and O–H groups in total. The molecule has 2 aliphatic heterocycles. The summed E-state index contributed by atoms with van der Waals surface area (Å²) in [6, 6.07) is 1.16. The van der Waals surface area contributed by atoms with Gasteiger partial charge in [-0.2, -0.15) is 0 Å². The molecule has 8 heteroatoms. The van der Waals surface area contributed by atoms with Crippen LogP contribution in [0, 0.1) is 18.7 Å². The van der Waals surface area contributed by atoms with Crippen LogP contribution in [0.15, 0.2) is 6.07 Å². The molecule has 1 saturated heterocycles. The molecule has 0 spiro atoms. The fourth-order valence-corrected chi connectivity index (χ4v) is 3.92. The van der Waals surface area contributed by atoms with E-state index in [0.29, 0.717) is 6.42 Å². The van der Waals surface area contributed by atoms with Gasteiger partial charge in [0.15, 0.2) is 11.6 Å². The van der Waals surface area contributed by atoms with E-state index in [0.717, 1.165) is 0 Å². The van der Waals surface area contributed by atoms with E-state index in [1.807, 2.05) is 0 Å². The number of amides is 1. The van der Waals surface area contributed by atoms with E-state index >= 15 is 0 Å². The lowest BCUT2D eigenvalue weighted by Crippen LogP contribution is -2.39. The van der Waals surface area contributed by atoms with Gasteiger partial charge in [-0.05, 0) is 25.0 Å². The first kappa shape index (κ1) is 17.5. The van der Waals surface area contributed by atoms with Crippen molar-refractivity contribution in [3.05, 3.63) is 23.0 Å². The minimum Gasteiger partial charge on any atom is -0.490 e. The average Bonchev–Trinajstić information content (AvgIpc) is 2.87. The topological polar surface area (TPSA) is 59.0 Å². The Morgan fingerprint density at radius 1 is 1.42 bits per heavy atom. The number of aliphatic hydroxyl groups is 1. The summed E-state index contributed by atoms with van der Waals surface area (Å²) < 4.78 is 51.9. The van der Waals surface area contributed by atoms with Crippen LogP contribution in [-0.4, -0.2) is 53.7 Å². The van der Waals surface area contributed by atoms with Gasteiger partial charge >= 0.3 is 0 Å². The molecule has 26 heavy (non-hydrogen) atoms. The highest BCUT2D eigenvalue weighted by atomic mass is 19.3. The van der Waals surface area contributed by atoms with Gasteiger partial charge in [0.25, 0.3) is 5.91 Å². The molecule has 1 aromatic rings. The number of carbonyl (C=O) groups excluding carboxylic acids is 1. The Labute approximate surface area is 148 Å². The molecule has 2 fully saturated rings. The number of nitrogens with zero attached hydrogens (tertiary/aromatic N) is 1. The third-order valence-electron chi connectivity index (χ3n) is 5.30. The zero-order chi connectivity index (χ0) is 18.6. The number of aryl methyl sites for hydroxylation is 1. The lowest BCUT2D eigenvalue weighted by Gasteiger charge is -2.34. The summed E-state index contributed by atoms with van der Waals surface area (Å²) in [5.74, 6) is -4.23. The number of hydrogen-bond acceptors (Lipinski definition) is 4. The molecule has 3 aliphatic rings. The van der Waals surface area contributed by atoms with Crippen LogP contribution < -0.4 is 9.47 Å². The third-order valence-corrected chi connectivity index (χ3v) is 5.30. The second kappa shape index (κ2) is 6.04. The number of rotatable bonds is 3. The van der Waals surface area contributed by atoms with Crippen molar-refractivity contribution in [3.8, 4) is 11.5 Å². The zero-order valence-electron chi connectivity index (χ0n) is 14.3. The van der Waals surface area contributed by atoms with Crippen molar-refractivity contribution in [2.45, 2.75) is 44.3 Å². The van der Waals surface area contributed by atoms with E-state index in [2.05, 4.69) is 0 Å². The van der Waals surface area contributed by atoms with Gasteiger partial charge in [0, 0.05) is 25.3 Å². The lowest BCUT2D eigenvalue weighted by molar-refractivity contribution is -0.119. The normalized spacial score (nSPS) is 27.3. The maximum absolute atomic E-state index is 14.7. The quantitative estimate of drug-likeness (QED) is 0.887. The van der Waals surface area contributed by atoms with Crippen molar-refractivity contribution < 1.29 is 32.5 Å². The summed E-state index contributed by atoms with van der Waals surface area (Å²) >= 11 is 0. The van der Waals surface area contributed by atoms with Crippen molar-refractivity contribution in [2.75, 3.05) is 19.8 Å². The van der Waals surface area contributed by atoms with Crippen LogP contribution in [0.4, 0.5) is 13.2 Å². The van der Waals surface area contributed by atoms with Gasteiger partial charge in [-0.25, -0.2) is 13.2 Å². The molecule has 1 aromatic carbocycles. The first-order valence-electron chi connectivity index (χ1n) is 8.71. The van der Waals surface area contributed by atoms with Gasteiger partial charge in [-0.3, -0.25) is 4.79 Å². The Kier molecular flexibility index (Phi) is 4.06. The molecule has 0 aromatic heterocycles. The first-order valence-corrected chi connectivity index (χ1v) is 8.71. The molecule has 1 saturated carbocycles. The number of ether oxygens (including phenoxy) is 2. The predicted octanol–water partition coefficient (Wildman–Crippen LogP) is 2.53. The highest BCUT2D eigenvalue weighted by Gasteiger charge is 2.46. The van der Waals surface area contributed by atoms with Crippen LogP contribution in [0.2, 0.25) is 0 Å². The van der Waals surface area contributed by atoms with Crippen molar-refractivity contribution >= 4 is 5.91 Å². The second-order valence-electron chi connectivity index (χ2n) is 7.46. The molecule has 2 heterocycles. The van der Waals surface area contributed by atoms with Gasteiger partial charge < -0.3 is 19.5 Å². The Hall–Kier alpha value is -1.96. The van der Waals surface area contributed by atoms with Gasteiger partial charge in [-0.1, -0.05) is 0 Å². The fourth-order valence-electron chi connectivity index (χ4n) is 3.92. The molecule has 4 rings (SSSR count). The predicted molar refractivity (Wildman–Crippen MR) is 85.2 cm³/mol. The molecule has 0 radical (unpaired) electrons. The molecule has 2 atom stereocenters. The minimum atomic E-state index is -2.69. The highest BCUT2D eigenvalue weighted by Crippen LogP contribution is 2.44. The zero-order valence-corrected chi connectivity index (χ0v) is 14.3.